The summed E-state index contributed by atoms with van der Waals surface area (Å²) in [7, 11) is 0. The molecule has 0 spiro atoms. The fraction of sp³-hybridized carbons (Fsp3) is 0.286. The second-order valence-electron chi connectivity index (χ2n) is 8.62. The number of hydrogen-bond donors (Lipinski definition) is 1. The number of carbonyl (C=O) groups is 2. The summed E-state index contributed by atoms with van der Waals surface area (Å²) in [5.74, 6) is -1.38. The largest absolute Gasteiger partial charge is 0.352 e. The van der Waals surface area contributed by atoms with Gasteiger partial charge in [-0.2, -0.15) is 0 Å². The molecule has 8 heteroatoms. The summed E-state index contributed by atoms with van der Waals surface area (Å²) in [6.07, 6.45) is 0.649. The summed E-state index contributed by atoms with van der Waals surface area (Å²) < 4.78 is 14.6. The summed E-state index contributed by atoms with van der Waals surface area (Å²) in [5, 5.41) is 3.86. The topological polar surface area (TPSA) is 49.4 Å². The molecule has 0 saturated heterocycles. The molecular formula is C28H28Cl3FN2O2. The van der Waals surface area contributed by atoms with E-state index in [0.717, 1.165) is 12.0 Å². The van der Waals surface area contributed by atoms with Crippen molar-refractivity contribution in [2.45, 2.75) is 51.7 Å². The molecule has 0 saturated carbocycles. The number of nitrogens with zero attached hydrogens (tertiary/aromatic N) is 1. The van der Waals surface area contributed by atoms with E-state index in [2.05, 4.69) is 5.32 Å². The van der Waals surface area contributed by atoms with Gasteiger partial charge in [-0.05, 0) is 43.2 Å². The molecule has 0 aromatic heterocycles. The van der Waals surface area contributed by atoms with Crippen LogP contribution in [0.3, 0.4) is 0 Å². The van der Waals surface area contributed by atoms with Crippen LogP contribution in [-0.2, 0) is 29.0 Å². The first-order valence-electron chi connectivity index (χ1n) is 11.7. The number of halogens is 4. The molecule has 2 unspecified atom stereocenters. The van der Waals surface area contributed by atoms with Crippen molar-refractivity contribution in [2.75, 3.05) is 0 Å². The second-order valence-corrected chi connectivity index (χ2v) is 9.84. The number of amides is 2. The molecule has 36 heavy (non-hydrogen) atoms. The molecule has 3 aromatic rings. The Bertz CT molecular complexity index is 1170. The van der Waals surface area contributed by atoms with E-state index < -0.39 is 17.8 Å². The van der Waals surface area contributed by atoms with E-state index in [4.69, 9.17) is 34.8 Å². The van der Waals surface area contributed by atoms with Crippen molar-refractivity contribution in [1.82, 2.24) is 10.2 Å². The van der Waals surface area contributed by atoms with Crippen LogP contribution in [-0.4, -0.2) is 28.8 Å². The van der Waals surface area contributed by atoms with Crippen LogP contribution in [0.5, 0.6) is 0 Å². The van der Waals surface area contributed by atoms with Crippen molar-refractivity contribution in [3.05, 3.63) is 104 Å². The van der Waals surface area contributed by atoms with Gasteiger partial charge in [-0.15, -0.1) is 0 Å². The van der Waals surface area contributed by atoms with Crippen molar-refractivity contribution in [2.24, 2.45) is 0 Å². The SMILES string of the molecule is CCC(C)NC(=O)C(Cc1ccccc1)N(Cc1c(Cl)cccc1Cl)C(=O)Cc1c(F)cccc1Cl. The highest BCUT2D eigenvalue weighted by Gasteiger charge is 2.32. The lowest BCUT2D eigenvalue weighted by Gasteiger charge is -2.33. The van der Waals surface area contributed by atoms with Crippen LogP contribution in [0.4, 0.5) is 4.39 Å². The van der Waals surface area contributed by atoms with E-state index >= 15 is 0 Å². The van der Waals surface area contributed by atoms with Crippen molar-refractivity contribution in [3.63, 3.8) is 0 Å². The molecule has 1 N–H and O–H groups in total. The van der Waals surface area contributed by atoms with Crippen LogP contribution in [0.2, 0.25) is 15.1 Å². The van der Waals surface area contributed by atoms with Gasteiger partial charge in [-0.25, -0.2) is 4.39 Å². The first kappa shape index (κ1) is 28.0. The molecule has 0 bridgehead atoms. The second kappa shape index (κ2) is 13.1. The molecule has 0 aliphatic heterocycles. The van der Waals surface area contributed by atoms with Gasteiger partial charge in [0.2, 0.25) is 11.8 Å². The Balaban J connectivity index is 2.06. The Morgan fingerprint density at radius 1 is 0.889 bits per heavy atom. The molecular weight excluding hydrogens is 522 g/mol. The lowest BCUT2D eigenvalue weighted by molar-refractivity contribution is -0.141. The molecule has 0 aliphatic carbocycles. The first-order valence-corrected chi connectivity index (χ1v) is 12.8. The third kappa shape index (κ3) is 7.22. The first-order chi connectivity index (χ1) is 17.2. The Labute approximate surface area is 226 Å². The zero-order valence-corrected chi connectivity index (χ0v) is 22.4. The number of benzene rings is 3. The van der Waals surface area contributed by atoms with Crippen LogP contribution in [0, 0.1) is 5.82 Å². The predicted octanol–water partition coefficient (Wildman–Crippen LogP) is 6.88. The van der Waals surface area contributed by atoms with Gasteiger partial charge in [0, 0.05) is 45.2 Å². The third-order valence-electron chi connectivity index (χ3n) is 6.05. The minimum atomic E-state index is -0.896. The van der Waals surface area contributed by atoms with E-state index in [0.29, 0.717) is 15.6 Å². The van der Waals surface area contributed by atoms with Crippen molar-refractivity contribution < 1.29 is 14.0 Å². The van der Waals surface area contributed by atoms with E-state index in [1.165, 1.54) is 23.1 Å². The van der Waals surface area contributed by atoms with E-state index in [-0.39, 0.29) is 41.9 Å². The number of hydrogen-bond acceptors (Lipinski definition) is 2. The maximum Gasteiger partial charge on any atom is 0.243 e. The zero-order chi connectivity index (χ0) is 26.2. The van der Waals surface area contributed by atoms with Crippen molar-refractivity contribution in [3.8, 4) is 0 Å². The van der Waals surface area contributed by atoms with Gasteiger partial charge in [0.25, 0.3) is 0 Å². The highest BCUT2D eigenvalue weighted by Crippen LogP contribution is 2.28. The van der Waals surface area contributed by atoms with Crippen LogP contribution in [0.15, 0.2) is 66.7 Å². The molecule has 2 atom stereocenters. The van der Waals surface area contributed by atoms with E-state index in [1.54, 1.807) is 18.2 Å². The molecule has 3 aromatic carbocycles. The van der Waals surface area contributed by atoms with Crippen LogP contribution >= 0.6 is 34.8 Å². The fourth-order valence-electron chi connectivity index (χ4n) is 3.80. The van der Waals surface area contributed by atoms with Gasteiger partial charge < -0.3 is 10.2 Å². The fourth-order valence-corrected chi connectivity index (χ4v) is 4.55. The molecule has 0 fully saturated rings. The van der Waals surface area contributed by atoms with Gasteiger partial charge in [-0.1, -0.05) is 84.2 Å². The average molecular weight is 550 g/mol. The summed E-state index contributed by atoms with van der Waals surface area (Å²) in [6.45, 7) is 3.83. The van der Waals surface area contributed by atoms with Crippen LogP contribution in [0.1, 0.15) is 37.0 Å². The van der Waals surface area contributed by atoms with E-state index in [1.807, 2.05) is 44.2 Å². The average Bonchev–Trinajstić information content (AvgIpc) is 2.85. The Morgan fingerprint density at radius 2 is 1.47 bits per heavy atom. The smallest absolute Gasteiger partial charge is 0.243 e. The molecule has 190 valence electrons. The van der Waals surface area contributed by atoms with Gasteiger partial charge in [0.1, 0.15) is 11.9 Å². The van der Waals surface area contributed by atoms with Gasteiger partial charge >= 0.3 is 0 Å². The standard InChI is InChI=1S/C28H28Cl3FN2O2/c1-3-18(2)33-28(36)26(15-19-9-5-4-6-10-19)34(17-21-23(30)11-7-12-24(21)31)27(35)16-20-22(29)13-8-14-25(20)32/h4-14,18,26H,3,15-17H2,1-2H3,(H,33,36). The van der Waals surface area contributed by atoms with Crippen LogP contribution in [0.25, 0.3) is 0 Å². The van der Waals surface area contributed by atoms with Gasteiger partial charge in [0.15, 0.2) is 0 Å². The lowest BCUT2D eigenvalue weighted by atomic mass is 10.0. The highest BCUT2D eigenvalue weighted by molar-refractivity contribution is 6.36. The molecule has 0 heterocycles. The number of nitrogens with one attached hydrogen (secondary N) is 1. The van der Waals surface area contributed by atoms with Crippen molar-refractivity contribution >= 4 is 46.6 Å². The molecule has 2 amide bonds. The molecule has 4 nitrogen and oxygen atoms in total. The summed E-state index contributed by atoms with van der Waals surface area (Å²) >= 11 is 19.1. The van der Waals surface area contributed by atoms with Crippen LogP contribution < -0.4 is 5.32 Å². The summed E-state index contributed by atoms with van der Waals surface area (Å²) in [6, 6.07) is 17.7. The maximum atomic E-state index is 14.6. The summed E-state index contributed by atoms with van der Waals surface area (Å²) in [5.41, 5.74) is 1.44. The lowest BCUT2D eigenvalue weighted by Crippen LogP contribution is -2.52. The maximum absolute atomic E-state index is 14.6. The van der Waals surface area contributed by atoms with Gasteiger partial charge in [0.05, 0.1) is 6.42 Å². The Morgan fingerprint density at radius 3 is 2.06 bits per heavy atom. The molecule has 0 aliphatic rings. The quantitative estimate of drug-likeness (QED) is 0.300. The summed E-state index contributed by atoms with van der Waals surface area (Å²) in [4.78, 5) is 28.7. The minimum absolute atomic E-state index is 0.0329. The third-order valence-corrected chi connectivity index (χ3v) is 7.11. The Kier molecular flexibility index (Phi) is 10.2. The normalized spacial score (nSPS) is 12.6. The predicted molar refractivity (Wildman–Crippen MR) is 144 cm³/mol. The monoisotopic (exact) mass is 548 g/mol. The van der Waals surface area contributed by atoms with Gasteiger partial charge in [-0.3, -0.25) is 9.59 Å². The molecule has 0 radical (unpaired) electrons. The highest BCUT2D eigenvalue weighted by atomic mass is 35.5. The molecule has 3 rings (SSSR count). The number of carbonyl (C=O) groups excluding carboxylic acids is 2. The van der Waals surface area contributed by atoms with Crippen molar-refractivity contribution in [1.29, 1.82) is 0 Å². The number of rotatable bonds is 10. The zero-order valence-electron chi connectivity index (χ0n) is 20.1. The Hall–Kier alpha value is -2.60. The van der Waals surface area contributed by atoms with E-state index in [9.17, 15) is 14.0 Å². The minimum Gasteiger partial charge on any atom is -0.352 e.